The Labute approximate surface area is 156 Å². The van der Waals surface area contributed by atoms with Gasteiger partial charge >= 0.3 is 5.97 Å². The molecule has 0 heterocycles. The van der Waals surface area contributed by atoms with Crippen molar-refractivity contribution in [3.63, 3.8) is 0 Å². The lowest BCUT2D eigenvalue weighted by Crippen LogP contribution is -2.32. The van der Waals surface area contributed by atoms with Crippen LogP contribution in [0.15, 0.2) is 36.4 Å². The average Bonchev–Trinajstić information content (AvgIpc) is 2.62. The predicted octanol–water partition coefficient (Wildman–Crippen LogP) is 4.32. The van der Waals surface area contributed by atoms with Crippen LogP contribution >= 0.6 is 11.8 Å². The molecule has 0 aliphatic heterocycles. The van der Waals surface area contributed by atoms with Crippen LogP contribution < -0.4 is 5.73 Å². The number of hydrogen-bond acceptors (Lipinski definition) is 3. The number of benzene rings is 2. The number of rotatable bonds is 8. The number of carboxylic acid groups (broad SMARTS) is 1. The van der Waals surface area contributed by atoms with E-state index >= 15 is 0 Å². The second kappa shape index (κ2) is 9.14. The summed E-state index contributed by atoms with van der Waals surface area (Å²) in [5.41, 5.74) is 9.18. The number of halogens is 2. The van der Waals surface area contributed by atoms with Crippen molar-refractivity contribution in [2.24, 2.45) is 5.73 Å². The quantitative estimate of drug-likeness (QED) is 0.717. The van der Waals surface area contributed by atoms with Gasteiger partial charge in [-0.25, -0.2) is 8.78 Å². The van der Waals surface area contributed by atoms with Crippen molar-refractivity contribution in [2.45, 2.75) is 38.0 Å². The molecule has 3 N–H and O–H groups in total. The first-order valence-corrected chi connectivity index (χ1v) is 9.58. The molecule has 0 spiro atoms. The smallest absolute Gasteiger partial charge is 0.321 e. The molecule has 2 rings (SSSR count). The number of carboxylic acids is 1. The maximum Gasteiger partial charge on any atom is 0.321 e. The topological polar surface area (TPSA) is 63.3 Å². The zero-order valence-electron chi connectivity index (χ0n) is 14.8. The SMILES string of the molecule is CCc1ccc(C(SC[C@H](N)C(=O)O)c2ccc(F)cc2F)cc1CC. The van der Waals surface area contributed by atoms with Crippen LogP contribution in [0.25, 0.3) is 0 Å². The standard InChI is InChI=1S/C20H23F2NO2S/c1-3-12-5-6-14(9-13(12)4-2)19(26-11-18(23)20(24)25)16-8-7-15(21)10-17(16)22/h5-10,18-19H,3-4,11,23H2,1-2H3,(H,24,25)/t18-,19?/m0/s1. The molecule has 0 fully saturated rings. The summed E-state index contributed by atoms with van der Waals surface area (Å²) < 4.78 is 27.7. The lowest BCUT2D eigenvalue weighted by atomic mass is 9.96. The van der Waals surface area contributed by atoms with E-state index in [1.165, 1.54) is 35.0 Å². The molecule has 3 nitrogen and oxygen atoms in total. The van der Waals surface area contributed by atoms with Crippen LogP contribution in [0.5, 0.6) is 0 Å². The second-order valence-corrected chi connectivity index (χ2v) is 7.20. The minimum absolute atomic E-state index is 0.119. The number of aryl methyl sites for hydroxylation is 2. The normalized spacial score (nSPS) is 13.4. The number of nitrogens with two attached hydrogens (primary N) is 1. The maximum atomic E-state index is 14.4. The van der Waals surface area contributed by atoms with Gasteiger partial charge in [-0.3, -0.25) is 4.79 Å². The highest BCUT2D eigenvalue weighted by Crippen LogP contribution is 2.38. The number of hydrogen-bond donors (Lipinski definition) is 2. The van der Waals surface area contributed by atoms with Crippen LogP contribution in [0.2, 0.25) is 0 Å². The zero-order valence-corrected chi connectivity index (χ0v) is 15.7. The summed E-state index contributed by atoms with van der Waals surface area (Å²) in [6.45, 7) is 4.13. The largest absolute Gasteiger partial charge is 0.480 e. The van der Waals surface area contributed by atoms with E-state index in [1.807, 2.05) is 18.2 Å². The van der Waals surface area contributed by atoms with E-state index in [1.54, 1.807) is 0 Å². The Hall–Kier alpha value is -1.92. The lowest BCUT2D eigenvalue weighted by molar-refractivity contribution is -0.137. The Morgan fingerprint density at radius 2 is 1.81 bits per heavy atom. The molecule has 0 radical (unpaired) electrons. The van der Waals surface area contributed by atoms with Gasteiger partial charge in [0.1, 0.15) is 17.7 Å². The van der Waals surface area contributed by atoms with Gasteiger partial charge in [-0.05, 0) is 35.6 Å². The van der Waals surface area contributed by atoms with E-state index < -0.39 is 28.9 Å². The lowest BCUT2D eigenvalue weighted by Gasteiger charge is -2.21. The monoisotopic (exact) mass is 379 g/mol. The van der Waals surface area contributed by atoms with E-state index in [2.05, 4.69) is 13.8 Å². The Kier molecular flexibility index (Phi) is 7.17. The molecule has 1 unspecified atom stereocenters. The molecule has 0 saturated carbocycles. The van der Waals surface area contributed by atoms with Gasteiger partial charge < -0.3 is 10.8 Å². The third-order valence-electron chi connectivity index (χ3n) is 4.30. The van der Waals surface area contributed by atoms with Gasteiger partial charge in [0.15, 0.2) is 0 Å². The van der Waals surface area contributed by atoms with Crippen LogP contribution in [0.3, 0.4) is 0 Å². The molecule has 2 atom stereocenters. The summed E-state index contributed by atoms with van der Waals surface area (Å²) in [4.78, 5) is 11.0. The summed E-state index contributed by atoms with van der Waals surface area (Å²) in [6, 6.07) is 8.38. The van der Waals surface area contributed by atoms with Gasteiger partial charge in [-0.2, -0.15) is 0 Å². The van der Waals surface area contributed by atoms with Crippen molar-refractivity contribution in [2.75, 3.05) is 5.75 Å². The summed E-state index contributed by atoms with van der Waals surface area (Å²) >= 11 is 1.25. The Morgan fingerprint density at radius 3 is 2.38 bits per heavy atom. The van der Waals surface area contributed by atoms with E-state index in [9.17, 15) is 13.6 Å². The van der Waals surface area contributed by atoms with Crippen molar-refractivity contribution in [1.29, 1.82) is 0 Å². The average molecular weight is 379 g/mol. The van der Waals surface area contributed by atoms with Crippen LogP contribution in [0.1, 0.15) is 41.4 Å². The molecule has 6 heteroatoms. The number of thioether (sulfide) groups is 1. The van der Waals surface area contributed by atoms with E-state index in [-0.39, 0.29) is 5.75 Å². The summed E-state index contributed by atoms with van der Waals surface area (Å²) in [7, 11) is 0. The van der Waals surface area contributed by atoms with Crippen LogP contribution in [0.4, 0.5) is 8.78 Å². The second-order valence-electron chi connectivity index (χ2n) is 6.06. The van der Waals surface area contributed by atoms with Crippen LogP contribution in [-0.2, 0) is 17.6 Å². The number of carbonyl (C=O) groups is 1. The Morgan fingerprint density at radius 1 is 1.12 bits per heavy atom. The predicted molar refractivity (Wildman–Crippen MR) is 101 cm³/mol. The first-order chi connectivity index (χ1) is 12.4. The highest BCUT2D eigenvalue weighted by atomic mass is 32.2. The zero-order chi connectivity index (χ0) is 19.3. The maximum absolute atomic E-state index is 14.4. The van der Waals surface area contributed by atoms with Gasteiger partial charge in [-0.1, -0.05) is 38.1 Å². The molecule has 0 amide bonds. The molecule has 0 saturated heterocycles. The van der Waals surface area contributed by atoms with E-state index in [0.29, 0.717) is 5.56 Å². The molecule has 140 valence electrons. The van der Waals surface area contributed by atoms with E-state index in [4.69, 9.17) is 10.8 Å². The summed E-state index contributed by atoms with van der Waals surface area (Å²) in [5.74, 6) is -2.28. The van der Waals surface area contributed by atoms with Crippen LogP contribution in [-0.4, -0.2) is 22.9 Å². The van der Waals surface area contributed by atoms with Gasteiger partial charge in [0.25, 0.3) is 0 Å². The Bertz CT molecular complexity index is 782. The van der Waals surface area contributed by atoms with Crippen molar-refractivity contribution >= 4 is 17.7 Å². The minimum atomic E-state index is -1.11. The van der Waals surface area contributed by atoms with Crippen LogP contribution in [0, 0.1) is 11.6 Å². The van der Waals surface area contributed by atoms with Gasteiger partial charge in [0, 0.05) is 17.4 Å². The fourth-order valence-corrected chi connectivity index (χ4v) is 4.09. The first kappa shape index (κ1) is 20.4. The van der Waals surface area contributed by atoms with Gasteiger partial charge in [0.05, 0.1) is 5.25 Å². The third kappa shape index (κ3) is 4.83. The summed E-state index contributed by atoms with van der Waals surface area (Å²) in [5, 5.41) is 8.55. The van der Waals surface area contributed by atoms with Crippen molar-refractivity contribution in [3.8, 4) is 0 Å². The van der Waals surface area contributed by atoms with E-state index in [0.717, 1.165) is 24.5 Å². The fourth-order valence-electron chi connectivity index (χ4n) is 2.83. The first-order valence-electron chi connectivity index (χ1n) is 8.54. The highest BCUT2D eigenvalue weighted by molar-refractivity contribution is 7.99. The van der Waals surface area contributed by atoms with Crippen molar-refractivity contribution < 1.29 is 18.7 Å². The van der Waals surface area contributed by atoms with Gasteiger partial charge in [-0.15, -0.1) is 11.8 Å². The molecule has 2 aromatic rings. The molecule has 0 aliphatic rings. The van der Waals surface area contributed by atoms with Crippen molar-refractivity contribution in [3.05, 3.63) is 70.3 Å². The van der Waals surface area contributed by atoms with Gasteiger partial charge in [0.2, 0.25) is 0 Å². The molecule has 0 aromatic heterocycles. The molecule has 0 bridgehead atoms. The molecular formula is C20H23F2NO2S. The molecule has 2 aromatic carbocycles. The summed E-state index contributed by atoms with van der Waals surface area (Å²) in [6.07, 6.45) is 1.74. The highest BCUT2D eigenvalue weighted by Gasteiger charge is 2.22. The minimum Gasteiger partial charge on any atom is -0.480 e. The fraction of sp³-hybridized carbons (Fsp3) is 0.350. The van der Waals surface area contributed by atoms with Crippen molar-refractivity contribution in [1.82, 2.24) is 0 Å². The third-order valence-corrected chi connectivity index (χ3v) is 5.71. The molecule has 0 aliphatic carbocycles. The molecular weight excluding hydrogens is 356 g/mol. The number of aliphatic carboxylic acids is 1. The Balaban J connectivity index is 2.44. The molecule has 26 heavy (non-hydrogen) atoms.